The second-order valence-corrected chi connectivity index (χ2v) is 6.28. The summed E-state index contributed by atoms with van der Waals surface area (Å²) in [6.45, 7) is -0.0794. The average Bonchev–Trinajstić information content (AvgIpc) is 2.95. The SMILES string of the molecule is O=C(O)CO[C@@H]1CCN(S(=O)(=O)c2ccc(Cl)o2)C1. The third-order valence-corrected chi connectivity index (χ3v) is 4.64. The maximum Gasteiger partial charge on any atom is 0.329 e. The topological polar surface area (TPSA) is 97.0 Å². The fourth-order valence-electron chi connectivity index (χ4n) is 1.80. The van der Waals surface area contributed by atoms with Crippen molar-refractivity contribution in [2.45, 2.75) is 17.6 Å². The molecule has 1 aliphatic heterocycles. The average molecular weight is 310 g/mol. The first-order valence-electron chi connectivity index (χ1n) is 5.48. The van der Waals surface area contributed by atoms with Gasteiger partial charge >= 0.3 is 5.97 Å². The zero-order valence-electron chi connectivity index (χ0n) is 9.78. The molecular weight excluding hydrogens is 298 g/mol. The molecule has 9 heteroatoms. The molecule has 1 aromatic rings. The summed E-state index contributed by atoms with van der Waals surface area (Å²) >= 11 is 5.55. The predicted molar refractivity (Wildman–Crippen MR) is 64.5 cm³/mol. The first-order valence-corrected chi connectivity index (χ1v) is 7.30. The van der Waals surface area contributed by atoms with Crippen molar-refractivity contribution in [3.05, 3.63) is 17.4 Å². The monoisotopic (exact) mass is 309 g/mol. The van der Waals surface area contributed by atoms with Gasteiger partial charge in [-0.25, -0.2) is 13.2 Å². The van der Waals surface area contributed by atoms with Crippen LogP contribution < -0.4 is 0 Å². The molecule has 1 aromatic heterocycles. The van der Waals surface area contributed by atoms with Crippen LogP contribution in [0.2, 0.25) is 5.22 Å². The minimum absolute atomic E-state index is 0.00329. The second-order valence-electron chi connectivity index (χ2n) is 4.04. The zero-order chi connectivity index (χ0) is 14.0. The van der Waals surface area contributed by atoms with Gasteiger partial charge in [-0.1, -0.05) is 0 Å². The van der Waals surface area contributed by atoms with E-state index < -0.39 is 28.7 Å². The smallest absolute Gasteiger partial charge is 0.329 e. The van der Waals surface area contributed by atoms with Crippen LogP contribution in [0.3, 0.4) is 0 Å². The number of halogens is 1. The van der Waals surface area contributed by atoms with Gasteiger partial charge in [0, 0.05) is 13.1 Å². The molecule has 106 valence electrons. The number of furan rings is 1. The number of hydrogen-bond acceptors (Lipinski definition) is 5. The van der Waals surface area contributed by atoms with Crippen molar-refractivity contribution < 1.29 is 27.5 Å². The van der Waals surface area contributed by atoms with Crippen molar-refractivity contribution in [3.8, 4) is 0 Å². The Labute approximate surface area is 114 Å². The summed E-state index contributed by atoms with van der Waals surface area (Å²) in [5.74, 6) is -1.08. The van der Waals surface area contributed by atoms with Crippen LogP contribution in [0.1, 0.15) is 6.42 Å². The van der Waals surface area contributed by atoms with E-state index in [0.717, 1.165) is 0 Å². The lowest BCUT2D eigenvalue weighted by Gasteiger charge is -2.14. The predicted octanol–water partition coefficient (Wildman–Crippen LogP) is 0.797. The molecule has 7 nitrogen and oxygen atoms in total. The van der Waals surface area contributed by atoms with Crippen LogP contribution in [0.15, 0.2) is 21.6 Å². The third kappa shape index (κ3) is 3.27. The quantitative estimate of drug-likeness (QED) is 0.864. The summed E-state index contributed by atoms with van der Waals surface area (Å²) in [6, 6.07) is 2.63. The Kier molecular flexibility index (Phi) is 4.14. The number of ether oxygens (including phenoxy) is 1. The normalized spacial score (nSPS) is 20.8. The van der Waals surface area contributed by atoms with Crippen molar-refractivity contribution in [1.82, 2.24) is 4.31 Å². The largest absolute Gasteiger partial charge is 0.480 e. The molecular formula is C10H12ClNO6S. The van der Waals surface area contributed by atoms with E-state index in [0.29, 0.717) is 6.42 Å². The summed E-state index contributed by atoms with van der Waals surface area (Å²) in [5, 5.41) is 8.26. The van der Waals surface area contributed by atoms with Gasteiger partial charge in [0.25, 0.3) is 10.0 Å². The summed E-state index contributed by atoms with van der Waals surface area (Å²) in [7, 11) is -3.73. The van der Waals surface area contributed by atoms with Crippen molar-refractivity contribution in [3.63, 3.8) is 0 Å². The van der Waals surface area contributed by atoms with Gasteiger partial charge in [0.1, 0.15) is 6.61 Å². The molecule has 1 N–H and O–H groups in total. The lowest BCUT2D eigenvalue weighted by molar-refractivity contribution is -0.144. The van der Waals surface area contributed by atoms with E-state index in [1.165, 1.54) is 16.4 Å². The number of aliphatic carboxylic acids is 1. The van der Waals surface area contributed by atoms with Gasteiger partial charge in [-0.3, -0.25) is 0 Å². The highest BCUT2D eigenvalue weighted by Gasteiger charge is 2.35. The second kappa shape index (κ2) is 5.49. The molecule has 2 rings (SSSR count). The van der Waals surface area contributed by atoms with Crippen LogP contribution in [0, 0.1) is 0 Å². The number of nitrogens with zero attached hydrogens (tertiary/aromatic N) is 1. The molecule has 0 bridgehead atoms. The minimum Gasteiger partial charge on any atom is -0.480 e. The summed E-state index contributed by atoms with van der Waals surface area (Å²) in [5.41, 5.74) is 0. The van der Waals surface area contributed by atoms with Crippen LogP contribution >= 0.6 is 11.6 Å². The lowest BCUT2D eigenvalue weighted by atomic mass is 10.3. The Bertz CT molecular complexity index is 568. The maximum atomic E-state index is 12.1. The van der Waals surface area contributed by atoms with Gasteiger partial charge in [0.2, 0.25) is 5.09 Å². The number of rotatable bonds is 5. The summed E-state index contributed by atoms with van der Waals surface area (Å²) in [4.78, 5) is 10.4. The van der Waals surface area contributed by atoms with E-state index in [9.17, 15) is 13.2 Å². The fraction of sp³-hybridized carbons (Fsp3) is 0.500. The molecule has 0 saturated carbocycles. The molecule has 0 radical (unpaired) electrons. The number of sulfonamides is 1. The molecule has 0 unspecified atom stereocenters. The molecule has 1 fully saturated rings. The van der Waals surface area contributed by atoms with Crippen molar-refractivity contribution in [2.24, 2.45) is 0 Å². The Hall–Kier alpha value is -1.09. The third-order valence-electron chi connectivity index (χ3n) is 2.69. The van der Waals surface area contributed by atoms with Crippen LogP contribution in [-0.4, -0.2) is 49.6 Å². The highest BCUT2D eigenvalue weighted by molar-refractivity contribution is 7.89. The first-order chi connectivity index (χ1) is 8.89. The summed E-state index contributed by atoms with van der Waals surface area (Å²) < 4.78 is 35.4. The summed E-state index contributed by atoms with van der Waals surface area (Å²) in [6.07, 6.45) is 0.0253. The van der Waals surface area contributed by atoms with E-state index in [-0.39, 0.29) is 23.4 Å². The molecule has 0 amide bonds. The number of carbonyl (C=O) groups is 1. The maximum absolute atomic E-state index is 12.1. The van der Waals surface area contributed by atoms with Crippen LogP contribution in [0.4, 0.5) is 0 Å². The minimum atomic E-state index is -3.73. The molecule has 2 heterocycles. The molecule has 1 atom stereocenters. The van der Waals surface area contributed by atoms with Gasteiger partial charge in [-0.2, -0.15) is 4.31 Å². The van der Waals surface area contributed by atoms with E-state index >= 15 is 0 Å². The van der Waals surface area contributed by atoms with Crippen LogP contribution in [-0.2, 0) is 19.6 Å². The van der Waals surface area contributed by atoms with E-state index in [2.05, 4.69) is 0 Å². The van der Waals surface area contributed by atoms with E-state index in [1.807, 2.05) is 0 Å². The molecule has 0 aromatic carbocycles. The first kappa shape index (κ1) is 14.3. The van der Waals surface area contributed by atoms with E-state index in [1.54, 1.807) is 0 Å². The Morgan fingerprint density at radius 3 is 2.89 bits per heavy atom. The van der Waals surface area contributed by atoms with Crippen LogP contribution in [0.25, 0.3) is 0 Å². The molecule has 19 heavy (non-hydrogen) atoms. The Morgan fingerprint density at radius 1 is 1.58 bits per heavy atom. The van der Waals surface area contributed by atoms with Crippen molar-refractivity contribution in [1.29, 1.82) is 0 Å². The van der Waals surface area contributed by atoms with Crippen molar-refractivity contribution >= 4 is 27.6 Å². The van der Waals surface area contributed by atoms with Gasteiger partial charge in [0.05, 0.1) is 6.10 Å². The number of carboxylic acids is 1. The van der Waals surface area contributed by atoms with Crippen LogP contribution in [0.5, 0.6) is 0 Å². The molecule has 0 aliphatic carbocycles. The van der Waals surface area contributed by atoms with E-state index in [4.69, 9.17) is 25.9 Å². The molecule has 0 spiro atoms. The Morgan fingerprint density at radius 2 is 2.32 bits per heavy atom. The standard InChI is InChI=1S/C10H12ClNO6S/c11-8-1-2-10(18-8)19(15,16)12-4-3-7(5-12)17-6-9(13)14/h1-2,7H,3-6H2,(H,13,14)/t7-/m1/s1. The number of hydrogen-bond donors (Lipinski definition) is 1. The fourth-order valence-corrected chi connectivity index (χ4v) is 3.39. The molecule has 1 saturated heterocycles. The highest BCUT2D eigenvalue weighted by atomic mass is 35.5. The number of carboxylic acid groups (broad SMARTS) is 1. The van der Waals surface area contributed by atoms with Gasteiger partial charge in [-0.15, -0.1) is 0 Å². The molecule has 1 aliphatic rings. The lowest BCUT2D eigenvalue weighted by Crippen LogP contribution is -2.30. The Balaban J connectivity index is 2.02. The zero-order valence-corrected chi connectivity index (χ0v) is 11.4. The van der Waals surface area contributed by atoms with Gasteiger partial charge < -0.3 is 14.3 Å². The van der Waals surface area contributed by atoms with Gasteiger partial charge in [0.15, 0.2) is 5.22 Å². The highest BCUT2D eigenvalue weighted by Crippen LogP contribution is 2.25. The van der Waals surface area contributed by atoms with Gasteiger partial charge in [-0.05, 0) is 30.2 Å². The van der Waals surface area contributed by atoms with Crippen molar-refractivity contribution in [2.75, 3.05) is 19.7 Å².